The number of anilines is 1. The normalized spacial score (nSPS) is 24.1. The summed E-state index contributed by atoms with van der Waals surface area (Å²) in [5.74, 6) is 0. The first-order valence-electron chi connectivity index (χ1n) is 9.43. The fourth-order valence-electron chi connectivity index (χ4n) is 3.34. The third-order valence-corrected chi connectivity index (χ3v) is 5.84. The number of benzene rings is 1. The molecule has 1 aromatic rings. The topological polar surface area (TPSA) is 45.2 Å². The number of halogens is 1. The van der Waals surface area contributed by atoms with Crippen molar-refractivity contribution < 1.29 is 18.8 Å². The van der Waals surface area contributed by atoms with E-state index in [1.165, 1.54) is 5.69 Å². The van der Waals surface area contributed by atoms with E-state index in [0.29, 0.717) is 6.54 Å². The molecule has 1 N–H and O–H groups in total. The lowest BCUT2D eigenvalue weighted by atomic mass is 9.79. The highest BCUT2D eigenvalue weighted by Gasteiger charge is 2.51. The summed E-state index contributed by atoms with van der Waals surface area (Å²) in [7, 11) is -0.335. The first kappa shape index (κ1) is 19.6. The lowest BCUT2D eigenvalue weighted by molar-refractivity contribution is 0.00578. The fraction of sp³-hybridized carbons (Fsp3) is 0.684. The molecule has 144 valence electrons. The molecule has 26 heavy (non-hydrogen) atoms. The summed E-state index contributed by atoms with van der Waals surface area (Å²) < 4.78 is 24.8. The van der Waals surface area contributed by atoms with Crippen molar-refractivity contribution in [2.45, 2.75) is 51.7 Å². The molecule has 1 aromatic carbocycles. The summed E-state index contributed by atoms with van der Waals surface area (Å²) in [5, 5.41) is 8.77. The highest BCUT2D eigenvalue weighted by Crippen LogP contribution is 2.36. The van der Waals surface area contributed by atoms with Gasteiger partial charge in [-0.25, -0.2) is 4.39 Å². The Morgan fingerprint density at radius 3 is 2.08 bits per heavy atom. The Balaban J connectivity index is 1.56. The van der Waals surface area contributed by atoms with Crippen LogP contribution in [0.1, 0.15) is 34.1 Å². The molecule has 2 aliphatic heterocycles. The van der Waals surface area contributed by atoms with Crippen LogP contribution < -0.4 is 10.4 Å². The van der Waals surface area contributed by atoms with Gasteiger partial charge in [0, 0.05) is 44.8 Å². The van der Waals surface area contributed by atoms with Gasteiger partial charge < -0.3 is 19.3 Å². The second-order valence-electron chi connectivity index (χ2n) is 8.23. The monoisotopic (exact) mass is 364 g/mol. The van der Waals surface area contributed by atoms with Crippen molar-refractivity contribution in [3.05, 3.63) is 24.3 Å². The molecule has 1 unspecified atom stereocenters. The number of piperazine rings is 1. The zero-order valence-corrected chi connectivity index (χ0v) is 16.2. The maximum absolute atomic E-state index is 12.6. The summed E-state index contributed by atoms with van der Waals surface area (Å²) in [6.07, 6.45) is -1.53. The van der Waals surface area contributed by atoms with Gasteiger partial charge in [-0.05, 0) is 45.3 Å². The van der Waals surface area contributed by atoms with Crippen LogP contribution in [-0.4, -0.2) is 67.4 Å². The van der Waals surface area contributed by atoms with E-state index in [9.17, 15) is 4.39 Å². The van der Waals surface area contributed by atoms with Gasteiger partial charge in [0.2, 0.25) is 0 Å². The van der Waals surface area contributed by atoms with Crippen molar-refractivity contribution in [1.29, 1.82) is 0 Å². The molecule has 0 saturated carbocycles. The van der Waals surface area contributed by atoms with Gasteiger partial charge in [0.15, 0.2) is 6.36 Å². The van der Waals surface area contributed by atoms with Crippen molar-refractivity contribution in [2.24, 2.45) is 0 Å². The Labute approximate surface area is 156 Å². The lowest BCUT2D eigenvalue weighted by Gasteiger charge is -2.36. The summed E-state index contributed by atoms with van der Waals surface area (Å²) in [6.45, 7) is 12.4. The van der Waals surface area contributed by atoms with Gasteiger partial charge in [0.1, 0.15) is 0 Å². The molecule has 3 rings (SSSR count). The lowest BCUT2D eigenvalue weighted by Crippen LogP contribution is -2.47. The van der Waals surface area contributed by atoms with E-state index in [0.717, 1.165) is 31.6 Å². The van der Waals surface area contributed by atoms with Gasteiger partial charge in [-0.2, -0.15) is 0 Å². The fourth-order valence-corrected chi connectivity index (χ4v) is 3.34. The number of hydrogen-bond donors (Lipinski definition) is 1. The van der Waals surface area contributed by atoms with Gasteiger partial charge in [0.25, 0.3) is 0 Å². The summed E-state index contributed by atoms with van der Waals surface area (Å²) >= 11 is 0. The molecule has 2 fully saturated rings. The third-order valence-electron chi connectivity index (χ3n) is 5.84. The molecule has 0 aromatic heterocycles. The van der Waals surface area contributed by atoms with Gasteiger partial charge >= 0.3 is 7.12 Å². The molecule has 0 amide bonds. The zero-order valence-electron chi connectivity index (χ0n) is 16.2. The van der Waals surface area contributed by atoms with Gasteiger partial charge in [-0.3, -0.25) is 4.90 Å². The third kappa shape index (κ3) is 4.22. The molecule has 7 heteroatoms. The SMILES string of the molecule is CC1(C)OB(c2ccc(N3CCN(CCC(O)F)CC3)cc2)OC1(C)C. The second-order valence-corrected chi connectivity index (χ2v) is 8.23. The quantitative estimate of drug-likeness (QED) is 0.808. The van der Waals surface area contributed by atoms with Crippen molar-refractivity contribution in [3.63, 3.8) is 0 Å². The molecule has 0 radical (unpaired) electrons. The van der Waals surface area contributed by atoms with Crippen molar-refractivity contribution >= 4 is 18.3 Å². The van der Waals surface area contributed by atoms with Crippen LogP contribution in [0.15, 0.2) is 24.3 Å². The molecule has 1 atom stereocenters. The summed E-state index contributed by atoms with van der Waals surface area (Å²) in [4.78, 5) is 4.52. The Morgan fingerprint density at radius 1 is 1.04 bits per heavy atom. The molecule has 0 bridgehead atoms. The van der Waals surface area contributed by atoms with Crippen LogP contribution in [0.2, 0.25) is 0 Å². The maximum Gasteiger partial charge on any atom is 0.494 e. The predicted molar refractivity (Wildman–Crippen MR) is 103 cm³/mol. The minimum atomic E-state index is -1.71. The number of hydrogen-bond acceptors (Lipinski definition) is 5. The first-order valence-corrected chi connectivity index (χ1v) is 9.43. The second kappa shape index (κ2) is 7.47. The van der Waals surface area contributed by atoms with Gasteiger partial charge in [0.05, 0.1) is 11.2 Å². The standard InChI is InChI=1S/C19H30BFN2O3/c1-18(2)19(3,4)26-20(25-18)15-5-7-16(8-6-15)23-13-11-22(12-14-23)10-9-17(21)24/h5-8,17,24H,9-14H2,1-4H3. The molecule has 0 aliphatic carbocycles. The van der Waals surface area contributed by atoms with Crippen LogP contribution in [0.3, 0.4) is 0 Å². The molecule has 2 saturated heterocycles. The molecular formula is C19H30BFN2O3. The number of alkyl halides is 1. The average Bonchev–Trinajstić information content (AvgIpc) is 2.81. The maximum atomic E-state index is 12.6. The van der Waals surface area contributed by atoms with Crippen molar-refractivity contribution in [3.8, 4) is 0 Å². The minimum Gasteiger partial charge on any atom is -0.399 e. The summed E-state index contributed by atoms with van der Waals surface area (Å²) in [5.41, 5.74) is 1.54. The van der Waals surface area contributed by atoms with E-state index in [1.807, 2.05) is 0 Å². The van der Waals surface area contributed by atoms with E-state index in [2.05, 4.69) is 61.8 Å². The average molecular weight is 364 g/mol. The van der Waals surface area contributed by atoms with Crippen LogP contribution in [0.4, 0.5) is 10.1 Å². The number of nitrogens with zero attached hydrogens (tertiary/aromatic N) is 2. The summed E-state index contributed by atoms with van der Waals surface area (Å²) in [6, 6.07) is 8.37. The largest absolute Gasteiger partial charge is 0.494 e. The Hall–Kier alpha value is -1.15. The van der Waals surface area contributed by atoms with Crippen molar-refractivity contribution in [2.75, 3.05) is 37.6 Å². The molecule has 5 nitrogen and oxygen atoms in total. The van der Waals surface area contributed by atoms with E-state index >= 15 is 0 Å². The number of rotatable bonds is 5. The number of aliphatic hydroxyl groups excluding tert-OH is 1. The Kier molecular flexibility index (Phi) is 5.63. The van der Waals surface area contributed by atoms with Gasteiger partial charge in [-0.15, -0.1) is 0 Å². The Morgan fingerprint density at radius 2 is 1.58 bits per heavy atom. The molecule has 0 spiro atoms. The van der Waals surface area contributed by atoms with Crippen LogP contribution in [-0.2, 0) is 9.31 Å². The van der Waals surface area contributed by atoms with Crippen molar-refractivity contribution in [1.82, 2.24) is 4.90 Å². The minimum absolute atomic E-state index is 0.183. The highest BCUT2D eigenvalue weighted by molar-refractivity contribution is 6.62. The van der Waals surface area contributed by atoms with Crippen LogP contribution in [0.5, 0.6) is 0 Å². The van der Waals surface area contributed by atoms with E-state index in [-0.39, 0.29) is 24.7 Å². The van der Waals surface area contributed by atoms with E-state index in [4.69, 9.17) is 14.4 Å². The molecular weight excluding hydrogens is 334 g/mol. The first-order chi connectivity index (χ1) is 12.2. The molecule has 2 aliphatic rings. The predicted octanol–water partition coefficient (Wildman–Crippen LogP) is 1.79. The number of aliphatic hydroxyl groups is 1. The molecule has 2 heterocycles. The van der Waals surface area contributed by atoms with Crippen LogP contribution in [0, 0.1) is 0 Å². The van der Waals surface area contributed by atoms with E-state index in [1.54, 1.807) is 0 Å². The van der Waals surface area contributed by atoms with Crippen LogP contribution in [0.25, 0.3) is 0 Å². The van der Waals surface area contributed by atoms with E-state index < -0.39 is 6.36 Å². The van der Waals surface area contributed by atoms with Gasteiger partial charge in [-0.1, -0.05) is 12.1 Å². The Bertz CT molecular complexity index is 585. The zero-order chi connectivity index (χ0) is 18.9. The highest BCUT2D eigenvalue weighted by atomic mass is 19.1. The van der Waals surface area contributed by atoms with Crippen LogP contribution >= 0.6 is 0 Å². The smallest absolute Gasteiger partial charge is 0.399 e.